The molecule has 0 saturated carbocycles. The van der Waals surface area contributed by atoms with Gasteiger partial charge in [0.05, 0.1) is 12.2 Å². The van der Waals surface area contributed by atoms with Gasteiger partial charge in [0.25, 0.3) is 0 Å². The molecule has 0 spiro atoms. The zero-order valence-corrected chi connectivity index (χ0v) is 10.0. The van der Waals surface area contributed by atoms with Gasteiger partial charge in [-0.1, -0.05) is 32.4 Å². The highest BCUT2D eigenvalue weighted by Gasteiger charge is 2.01. The summed E-state index contributed by atoms with van der Waals surface area (Å²) in [6, 6.07) is 5.62. The van der Waals surface area contributed by atoms with Gasteiger partial charge < -0.3 is 4.74 Å². The van der Waals surface area contributed by atoms with Gasteiger partial charge >= 0.3 is 0 Å². The first-order chi connectivity index (χ1) is 7.27. The van der Waals surface area contributed by atoms with Crippen LogP contribution in [0.1, 0.15) is 43.1 Å². The normalized spacial score (nSPS) is 8.80. The summed E-state index contributed by atoms with van der Waals surface area (Å²) < 4.78 is 5.40. The van der Waals surface area contributed by atoms with Crippen LogP contribution in [0.4, 0.5) is 0 Å². The zero-order valence-electron chi connectivity index (χ0n) is 10.0. The minimum absolute atomic E-state index is 0.633. The summed E-state index contributed by atoms with van der Waals surface area (Å²) in [5, 5.41) is 0. The predicted octanol–water partition coefficient (Wildman–Crippen LogP) is 3.62. The van der Waals surface area contributed by atoms with Crippen LogP contribution in [0.5, 0.6) is 5.75 Å². The Hall–Kier alpha value is -1.31. The molecule has 0 bridgehead atoms. The van der Waals surface area contributed by atoms with Crippen molar-refractivity contribution in [3.63, 3.8) is 0 Å². The molecule has 0 saturated heterocycles. The Kier molecular flexibility index (Phi) is 7.33. The molecule has 0 aliphatic heterocycles. The lowest BCUT2D eigenvalue weighted by Crippen LogP contribution is -1.98. The Bertz CT molecular complexity index is 293. The molecule has 0 atom stereocenters. The number of hydrogen-bond donors (Lipinski definition) is 0. The quantitative estimate of drug-likeness (QED) is 0.706. The number of carbonyl (C=O) groups is 1. The third kappa shape index (κ3) is 4.63. The summed E-state index contributed by atoms with van der Waals surface area (Å²) in [6.07, 6.45) is 1.78. The van der Waals surface area contributed by atoms with E-state index >= 15 is 0 Å². The van der Waals surface area contributed by atoms with E-state index in [2.05, 4.69) is 0 Å². The van der Waals surface area contributed by atoms with E-state index in [1.165, 1.54) is 0 Å². The number of ether oxygens (including phenoxy) is 1. The maximum atomic E-state index is 10.7. The average molecular weight is 208 g/mol. The number of benzene rings is 1. The standard InChI is InChI=1S/C11H14O2.C2H6/c1-3-6-13-11-5-4-9(2)7-10(11)8-12;1-2/h4-5,7-8H,3,6H2,1-2H3;1-2H3. The molecular weight excluding hydrogens is 188 g/mol. The molecule has 0 N–H and O–H groups in total. The number of carbonyl (C=O) groups excluding carboxylic acids is 1. The van der Waals surface area contributed by atoms with E-state index in [-0.39, 0.29) is 0 Å². The van der Waals surface area contributed by atoms with E-state index in [4.69, 9.17) is 4.74 Å². The summed E-state index contributed by atoms with van der Waals surface area (Å²) in [6.45, 7) is 8.65. The first-order valence-corrected chi connectivity index (χ1v) is 5.46. The van der Waals surface area contributed by atoms with Gasteiger partial charge in [-0.15, -0.1) is 0 Å². The Morgan fingerprint density at radius 3 is 2.53 bits per heavy atom. The van der Waals surface area contributed by atoms with Crippen molar-refractivity contribution in [2.75, 3.05) is 6.61 Å². The van der Waals surface area contributed by atoms with E-state index in [0.29, 0.717) is 17.9 Å². The number of rotatable bonds is 4. The first kappa shape index (κ1) is 13.7. The second-order valence-electron chi connectivity index (χ2n) is 3.01. The van der Waals surface area contributed by atoms with Gasteiger partial charge in [0, 0.05) is 0 Å². The summed E-state index contributed by atoms with van der Waals surface area (Å²) in [4.78, 5) is 10.7. The molecule has 0 aliphatic rings. The fraction of sp³-hybridized carbons (Fsp3) is 0.462. The molecule has 1 aromatic carbocycles. The van der Waals surface area contributed by atoms with E-state index in [1.54, 1.807) is 0 Å². The van der Waals surface area contributed by atoms with Crippen molar-refractivity contribution < 1.29 is 9.53 Å². The first-order valence-electron chi connectivity index (χ1n) is 5.46. The Balaban J connectivity index is 0.000000921. The third-order valence-corrected chi connectivity index (χ3v) is 1.75. The van der Waals surface area contributed by atoms with Gasteiger partial charge in [0.1, 0.15) is 5.75 Å². The van der Waals surface area contributed by atoms with Gasteiger partial charge in [0.2, 0.25) is 0 Å². The molecule has 84 valence electrons. The molecule has 1 rings (SSSR count). The molecule has 0 aliphatic carbocycles. The van der Waals surface area contributed by atoms with Gasteiger partial charge in [-0.2, -0.15) is 0 Å². The fourth-order valence-corrected chi connectivity index (χ4v) is 1.10. The average Bonchev–Trinajstić information content (AvgIpc) is 2.30. The maximum absolute atomic E-state index is 10.7. The van der Waals surface area contributed by atoms with Crippen molar-refractivity contribution in [1.82, 2.24) is 0 Å². The third-order valence-electron chi connectivity index (χ3n) is 1.75. The maximum Gasteiger partial charge on any atom is 0.153 e. The molecule has 0 aromatic heterocycles. The highest BCUT2D eigenvalue weighted by atomic mass is 16.5. The van der Waals surface area contributed by atoms with Crippen LogP contribution in [0.25, 0.3) is 0 Å². The SMILES string of the molecule is CC.CCCOc1ccc(C)cc1C=O. The van der Waals surface area contributed by atoms with Crippen LogP contribution < -0.4 is 4.74 Å². The van der Waals surface area contributed by atoms with Crippen molar-refractivity contribution >= 4 is 6.29 Å². The molecule has 0 radical (unpaired) electrons. The van der Waals surface area contributed by atoms with Crippen LogP contribution in [0.2, 0.25) is 0 Å². The lowest BCUT2D eigenvalue weighted by molar-refractivity contribution is 0.111. The van der Waals surface area contributed by atoms with Crippen molar-refractivity contribution in [2.24, 2.45) is 0 Å². The van der Waals surface area contributed by atoms with Crippen LogP contribution in [0.3, 0.4) is 0 Å². The Morgan fingerprint density at radius 2 is 2.00 bits per heavy atom. The number of aryl methyl sites for hydroxylation is 1. The lowest BCUT2D eigenvalue weighted by atomic mass is 10.1. The van der Waals surface area contributed by atoms with E-state index in [9.17, 15) is 4.79 Å². The molecule has 0 heterocycles. The summed E-state index contributed by atoms with van der Waals surface area (Å²) in [5.41, 5.74) is 1.71. The second-order valence-corrected chi connectivity index (χ2v) is 3.01. The van der Waals surface area contributed by atoms with Crippen molar-refractivity contribution in [3.05, 3.63) is 29.3 Å². The van der Waals surface area contributed by atoms with Gasteiger partial charge in [-0.05, 0) is 25.5 Å². The molecule has 0 unspecified atom stereocenters. The zero-order chi connectivity index (χ0) is 11.7. The van der Waals surface area contributed by atoms with Crippen molar-refractivity contribution in [1.29, 1.82) is 0 Å². The molecule has 2 heteroatoms. The van der Waals surface area contributed by atoms with Gasteiger partial charge in [-0.25, -0.2) is 0 Å². The van der Waals surface area contributed by atoms with Gasteiger partial charge in [0.15, 0.2) is 6.29 Å². The minimum atomic E-state index is 0.633. The van der Waals surface area contributed by atoms with Gasteiger partial charge in [-0.3, -0.25) is 4.79 Å². The summed E-state index contributed by atoms with van der Waals surface area (Å²) in [7, 11) is 0. The van der Waals surface area contributed by atoms with Crippen molar-refractivity contribution in [3.8, 4) is 5.75 Å². The molecule has 0 fully saturated rings. The van der Waals surface area contributed by atoms with Crippen LogP contribution in [0, 0.1) is 6.92 Å². The topological polar surface area (TPSA) is 26.3 Å². The molecule has 15 heavy (non-hydrogen) atoms. The Labute approximate surface area is 92.3 Å². The van der Waals surface area contributed by atoms with Crippen LogP contribution in [0.15, 0.2) is 18.2 Å². The fourth-order valence-electron chi connectivity index (χ4n) is 1.10. The van der Waals surface area contributed by atoms with E-state index in [0.717, 1.165) is 18.3 Å². The summed E-state index contributed by atoms with van der Waals surface area (Å²) >= 11 is 0. The number of aldehydes is 1. The van der Waals surface area contributed by atoms with E-state index < -0.39 is 0 Å². The molecule has 1 aromatic rings. The lowest BCUT2D eigenvalue weighted by Gasteiger charge is -2.07. The number of hydrogen-bond acceptors (Lipinski definition) is 2. The Morgan fingerprint density at radius 1 is 1.33 bits per heavy atom. The highest BCUT2D eigenvalue weighted by Crippen LogP contribution is 2.18. The van der Waals surface area contributed by atoms with Crippen LogP contribution >= 0.6 is 0 Å². The molecular formula is C13H20O2. The van der Waals surface area contributed by atoms with Crippen LogP contribution in [-0.4, -0.2) is 12.9 Å². The second kappa shape index (κ2) is 8.04. The minimum Gasteiger partial charge on any atom is -0.493 e. The predicted molar refractivity (Wildman–Crippen MR) is 63.7 cm³/mol. The van der Waals surface area contributed by atoms with E-state index in [1.807, 2.05) is 45.9 Å². The van der Waals surface area contributed by atoms with Crippen molar-refractivity contribution in [2.45, 2.75) is 34.1 Å². The summed E-state index contributed by atoms with van der Waals surface area (Å²) in [5.74, 6) is 0.683. The highest BCUT2D eigenvalue weighted by molar-refractivity contribution is 5.79. The smallest absolute Gasteiger partial charge is 0.153 e. The molecule has 2 nitrogen and oxygen atoms in total. The van der Waals surface area contributed by atoms with Crippen LogP contribution in [-0.2, 0) is 0 Å². The largest absolute Gasteiger partial charge is 0.493 e. The molecule has 0 amide bonds. The monoisotopic (exact) mass is 208 g/mol.